The van der Waals surface area contributed by atoms with Gasteiger partial charge >= 0.3 is 0 Å². The maximum atomic E-state index is 10.9. The summed E-state index contributed by atoms with van der Waals surface area (Å²) < 4.78 is 10.7. The fraction of sp³-hybridized carbons (Fsp3) is 0.364. The van der Waals surface area contributed by atoms with E-state index in [1.165, 1.54) is 0 Å². The van der Waals surface area contributed by atoms with Crippen molar-refractivity contribution in [1.82, 2.24) is 0 Å². The molecule has 2 rings (SSSR count). The first-order valence-electron chi connectivity index (χ1n) is 4.53. The number of hydrogen-bond acceptors (Lipinski definition) is 3. The minimum absolute atomic E-state index is 0.175. The van der Waals surface area contributed by atoms with E-state index in [0.29, 0.717) is 0 Å². The summed E-state index contributed by atoms with van der Waals surface area (Å²) in [5.41, 5.74) is 0.126. The Bertz CT molecular complexity index is 323. The number of carbonyl (C=O) groups is 1. The summed E-state index contributed by atoms with van der Waals surface area (Å²) in [6.45, 7) is 1.92. The topological polar surface area (TPSA) is 35.5 Å². The molecule has 74 valence electrons. The van der Waals surface area contributed by atoms with Crippen molar-refractivity contribution in [3.8, 4) is 0 Å². The Labute approximate surface area is 82.6 Å². The third-order valence-corrected chi connectivity index (χ3v) is 2.46. The molecule has 1 aromatic carbocycles. The van der Waals surface area contributed by atoms with Crippen LogP contribution in [0, 0.1) is 0 Å². The van der Waals surface area contributed by atoms with E-state index in [0.717, 1.165) is 11.8 Å². The number of carbonyl (C=O) groups excluding carboxylic acids is 1. The largest absolute Gasteiger partial charge is 0.344 e. The molecule has 0 aliphatic carbocycles. The monoisotopic (exact) mass is 192 g/mol. The number of aldehydes is 1. The highest BCUT2D eigenvalue weighted by molar-refractivity contribution is 5.64. The highest BCUT2D eigenvalue weighted by Crippen LogP contribution is 2.35. The molecule has 0 bridgehead atoms. The van der Waals surface area contributed by atoms with Gasteiger partial charge in [0.2, 0.25) is 0 Å². The van der Waals surface area contributed by atoms with Gasteiger partial charge in [-0.05, 0) is 12.5 Å². The molecule has 14 heavy (non-hydrogen) atoms. The summed E-state index contributed by atoms with van der Waals surface area (Å²) in [5, 5.41) is 0. The third kappa shape index (κ3) is 1.45. The van der Waals surface area contributed by atoms with Crippen LogP contribution in [0.5, 0.6) is 0 Å². The molecule has 1 saturated heterocycles. The van der Waals surface area contributed by atoms with Crippen molar-refractivity contribution in [1.29, 1.82) is 0 Å². The van der Waals surface area contributed by atoms with Gasteiger partial charge in [-0.1, -0.05) is 30.3 Å². The average molecular weight is 192 g/mol. The molecular formula is C11H12O3. The van der Waals surface area contributed by atoms with E-state index in [4.69, 9.17) is 9.47 Å². The molecule has 0 radical (unpaired) electrons. The molecule has 3 heteroatoms. The summed E-state index contributed by atoms with van der Waals surface area (Å²) >= 11 is 0. The van der Waals surface area contributed by atoms with E-state index in [1.807, 2.05) is 30.3 Å². The quantitative estimate of drug-likeness (QED) is 0.669. The van der Waals surface area contributed by atoms with Gasteiger partial charge in [0.1, 0.15) is 12.9 Å². The lowest BCUT2D eigenvalue weighted by Gasteiger charge is -2.22. The molecule has 1 aliphatic rings. The zero-order valence-electron chi connectivity index (χ0n) is 7.97. The summed E-state index contributed by atoms with van der Waals surface area (Å²) in [6, 6.07) is 9.63. The maximum Gasteiger partial charge on any atom is 0.154 e. The van der Waals surface area contributed by atoms with Gasteiger partial charge in [-0.3, -0.25) is 0 Å². The van der Waals surface area contributed by atoms with Crippen LogP contribution in [-0.2, 0) is 14.3 Å². The molecular weight excluding hydrogens is 180 g/mol. The normalized spacial score (nSPS) is 31.6. The van der Waals surface area contributed by atoms with E-state index in [9.17, 15) is 4.79 Å². The van der Waals surface area contributed by atoms with Gasteiger partial charge in [0.05, 0.1) is 0 Å². The zero-order chi connectivity index (χ0) is 10.0. The van der Waals surface area contributed by atoms with Gasteiger partial charge < -0.3 is 14.3 Å². The Morgan fingerprint density at radius 2 is 2.14 bits per heavy atom. The molecule has 0 spiro atoms. The van der Waals surface area contributed by atoms with Crippen LogP contribution in [0.1, 0.15) is 18.6 Å². The highest BCUT2D eigenvalue weighted by atomic mass is 16.7. The van der Waals surface area contributed by atoms with E-state index < -0.39 is 5.60 Å². The number of hydrogen-bond donors (Lipinski definition) is 0. The second kappa shape index (κ2) is 3.52. The minimum Gasteiger partial charge on any atom is -0.344 e. The second-order valence-electron chi connectivity index (χ2n) is 3.52. The molecule has 0 amide bonds. The third-order valence-electron chi connectivity index (χ3n) is 2.46. The van der Waals surface area contributed by atoms with Gasteiger partial charge in [0.25, 0.3) is 0 Å². The van der Waals surface area contributed by atoms with Gasteiger partial charge in [0, 0.05) is 0 Å². The van der Waals surface area contributed by atoms with Crippen molar-refractivity contribution in [2.75, 3.05) is 6.79 Å². The Morgan fingerprint density at radius 3 is 2.79 bits per heavy atom. The Kier molecular flexibility index (Phi) is 2.35. The molecule has 3 nitrogen and oxygen atoms in total. The van der Waals surface area contributed by atoms with Crippen LogP contribution in [0.2, 0.25) is 0 Å². The maximum absolute atomic E-state index is 10.9. The van der Waals surface area contributed by atoms with Crippen LogP contribution < -0.4 is 0 Å². The summed E-state index contributed by atoms with van der Waals surface area (Å²) in [5.74, 6) is 0. The van der Waals surface area contributed by atoms with E-state index >= 15 is 0 Å². The fourth-order valence-corrected chi connectivity index (χ4v) is 1.62. The van der Waals surface area contributed by atoms with Gasteiger partial charge in [-0.25, -0.2) is 0 Å². The van der Waals surface area contributed by atoms with Gasteiger partial charge in [-0.2, -0.15) is 0 Å². The number of ether oxygens (including phenoxy) is 2. The molecule has 0 saturated carbocycles. The van der Waals surface area contributed by atoms with Crippen LogP contribution in [0.3, 0.4) is 0 Å². The molecule has 2 unspecified atom stereocenters. The van der Waals surface area contributed by atoms with Crippen LogP contribution in [0.15, 0.2) is 30.3 Å². The Hall–Kier alpha value is -1.19. The van der Waals surface area contributed by atoms with E-state index in [-0.39, 0.29) is 12.9 Å². The lowest BCUT2D eigenvalue weighted by molar-refractivity contribution is -0.124. The summed E-state index contributed by atoms with van der Waals surface area (Å²) in [6.07, 6.45) is 0.513. The van der Waals surface area contributed by atoms with Crippen molar-refractivity contribution in [2.45, 2.75) is 18.6 Å². The molecule has 0 N–H and O–H groups in total. The Morgan fingerprint density at radius 1 is 1.43 bits per heavy atom. The lowest BCUT2D eigenvalue weighted by Crippen LogP contribution is -2.32. The smallest absolute Gasteiger partial charge is 0.154 e. The van der Waals surface area contributed by atoms with Crippen molar-refractivity contribution >= 4 is 6.29 Å². The zero-order valence-corrected chi connectivity index (χ0v) is 7.97. The molecule has 1 aliphatic heterocycles. The first kappa shape index (κ1) is 9.37. The summed E-state index contributed by atoms with van der Waals surface area (Å²) in [4.78, 5) is 10.9. The number of benzene rings is 1. The van der Waals surface area contributed by atoms with Crippen molar-refractivity contribution < 1.29 is 14.3 Å². The van der Waals surface area contributed by atoms with Crippen molar-refractivity contribution in [3.05, 3.63) is 35.9 Å². The first-order valence-corrected chi connectivity index (χ1v) is 4.53. The van der Waals surface area contributed by atoms with Crippen LogP contribution in [0.4, 0.5) is 0 Å². The number of rotatable bonds is 2. The van der Waals surface area contributed by atoms with Gasteiger partial charge in [0.15, 0.2) is 11.9 Å². The van der Waals surface area contributed by atoms with Crippen LogP contribution >= 0.6 is 0 Å². The van der Waals surface area contributed by atoms with E-state index in [1.54, 1.807) is 6.92 Å². The summed E-state index contributed by atoms with van der Waals surface area (Å²) in [7, 11) is 0. The SMILES string of the molecule is CC1(C=O)OCOC1c1ccccc1. The molecule has 1 aromatic rings. The lowest BCUT2D eigenvalue weighted by atomic mass is 9.94. The molecule has 0 aromatic heterocycles. The predicted molar refractivity (Wildman–Crippen MR) is 50.7 cm³/mol. The van der Waals surface area contributed by atoms with Crippen molar-refractivity contribution in [3.63, 3.8) is 0 Å². The second-order valence-corrected chi connectivity index (χ2v) is 3.52. The van der Waals surface area contributed by atoms with Crippen LogP contribution in [0.25, 0.3) is 0 Å². The standard InChI is InChI=1S/C11H12O3/c1-11(7-12)10(13-8-14-11)9-5-3-2-4-6-9/h2-7,10H,8H2,1H3. The average Bonchev–Trinajstić information content (AvgIpc) is 2.63. The molecule has 1 heterocycles. The van der Waals surface area contributed by atoms with Gasteiger partial charge in [-0.15, -0.1) is 0 Å². The minimum atomic E-state index is -0.846. The fourth-order valence-electron chi connectivity index (χ4n) is 1.62. The van der Waals surface area contributed by atoms with E-state index in [2.05, 4.69) is 0 Å². The van der Waals surface area contributed by atoms with Crippen LogP contribution in [-0.4, -0.2) is 18.7 Å². The molecule has 2 atom stereocenters. The van der Waals surface area contributed by atoms with Crippen molar-refractivity contribution in [2.24, 2.45) is 0 Å². The Balaban J connectivity index is 2.31. The predicted octanol–water partition coefficient (Wildman–Crippen LogP) is 1.69. The first-order chi connectivity index (χ1) is 6.76. The molecule has 1 fully saturated rings. The highest BCUT2D eigenvalue weighted by Gasteiger charge is 2.42.